The fraction of sp³-hybridized carbons (Fsp3) is 0.591. The van der Waals surface area contributed by atoms with E-state index in [2.05, 4.69) is 33.8 Å². The molecule has 1 aromatic carbocycles. The second-order valence-corrected chi connectivity index (χ2v) is 7.65. The number of carbonyl (C=O) groups excluding carboxylic acids is 2. The molecule has 2 N–H and O–H groups in total. The van der Waals surface area contributed by atoms with E-state index in [1.165, 1.54) is 11.1 Å². The van der Waals surface area contributed by atoms with Crippen molar-refractivity contribution in [3.63, 3.8) is 0 Å². The summed E-state index contributed by atoms with van der Waals surface area (Å²) in [5, 5.41) is 6.40. The Bertz CT molecular complexity index is 728. The lowest BCUT2D eigenvalue weighted by atomic mass is 9.99. The highest BCUT2D eigenvalue weighted by Crippen LogP contribution is 2.19. The molecule has 7 nitrogen and oxygen atoms in total. The fourth-order valence-electron chi connectivity index (χ4n) is 3.87. The molecule has 29 heavy (non-hydrogen) atoms. The smallest absolute Gasteiger partial charge is 0.244 e. The van der Waals surface area contributed by atoms with Crippen molar-refractivity contribution in [2.24, 2.45) is 4.99 Å². The lowest BCUT2D eigenvalue weighted by molar-refractivity contribution is -0.132. The molecule has 0 saturated carbocycles. The van der Waals surface area contributed by atoms with Crippen LogP contribution in [-0.2, 0) is 22.6 Å². The number of hydrogen-bond donors (Lipinski definition) is 2. The van der Waals surface area contributed by atoms with Gasteiger partial charge in [0.05, 0.1) is 0 Å². The highest BCUT2D eigenvalue weighted by Gasteiger charge is 2.20. The van der Waals surface area contributed by atoms with Gasteiger partial charge in [0.2, 0.25) is 11.8 Å². The quantitative estimate of drug-likeness (QED) is 0.414. The molecule has 0 bridgehead atoms. The lowest BCUT2D eigenvalue weighted by Crippen LogP contribution is -2.40. The van der Waals surface area contributed by atoms with Crippen LogP contribution in [0.3, 0.4) is 0 Å². The van der Waals surface area contributed by atoms with Crippen molar-refractivity contribution in [2.45, 2.75) is 45.6 Å². The number of amides is 2. The van der Waals surface area contributed by atoms with E-state index >= 15 is 0 Å². The van der Waals surface area contributed by atoms with E-state index in [9.17, 15) is 9.59 Å². The lowest BCUT2D eigenvalue weighted by Gasteiger charge is -2.29. The number of hydrogen-bond acceptors (Lipinski definition) is 3. The maximum Gasteiger partial charge on any atom is 0.244 e. The van der Waals surface area contributed by atoms with Gasteiger partial charge in [-0.25, -0.2) is 4.99 Å². The SMILES string of the molecule is CCNC(=NCC(=O)N1CCCC1)NCCCC(=O)N1CCc2ccccc2C1. The maximum absolute atomic E-state index is 12.5. The van der Waals surface area contributed by atoms with Gasteiger partial charge in [0.25, 0.3) is 0 Å². The summed E-state index contributed by atoms with van der Waals surface area (Å²) >= 11 is 0. The number of likely N-dealkylation sites (tertiary alicyclic amines) is 1. The Hall–Kier alpha value is -2.57. The minimum absolute atomic E-state index is 0.0836. The molecule has 0 aromatic heterocycles. The topological polar surface area (TPSA) is 77.0 Å². The number of nitrogens with one attached hydrogen (secondary N) is 2. The Morgan fingerprint density at radius 2 is 1.76 bits per heavy atom. The van der Waals surface area contributed by atoms with Crippen molar-refractivity contribution in [3.05, 3.63) is 35.4 Å². The Labute approximate surface area is 173 Å². The van der Waals surface area contributed by atoms with E-state index in [0.717, 1.165) is 51.9 Å². The molecule has 0 atom stereocenters. The first-order valence-corrected chi connectivity index (χ1v) is 10.8. The maximum atomic E-state index is 12.5. The van der Waals surface area contributed by atoms with Crippen LogP contribution in [0, 0.1) is 0 Å². The summed E-state index contributed by atoms with van der Waals surface area (Å²) in [7, 11) is 0. The van der Waals surface area contributed by atoms with E-state index in [4.69, 9.17) is 0 Å². The van der Waals surface area contributed by atoms with Gasteiger partial charge in [0.15, 0.2) is 5.96 Å². The molecule has 1 fully saturated rings. The van der Waals surface area contributed by atoms with Gasteiger partial charge in [0.1, 0.15) is 6.54 Å². The summed E-state index contributed by atoms with van der Waals surface area (Å²) in [6.45, 7) is 6.76. The first-order chi connectivity index (χ1) is 14.2. The second kappa shape index (κ2) is 10.8. The van der Waals surface area contributed by atoms with Crippen LogP contribution in [0.2, 0.25) is 0 Å². The molecule has 0 spiro atoms. The van der Waals surface area contributed by atoms with E-state index in [0.29, 0.717) is 25.5 Å². The minimum atomic E-state index is 0.0836. The number of guanidine groups is 1. The number of carbonyl (C=O) groups is 2. The molecule has 2 aliphatic heterocycles. The van der Waals surface area contributed by atoms with Crippen molar-refractivity contribution in [2.75, 3.05) is 39.3 Å². The van der Waals surface area contributed by atoms with Gasteiger partial charge in [0, 0.05) is 45.7 Å². The van der Waals surface area contributed by atoms with Crippen LogP contribution in [0.1, 0.15) is 43.7 Å². The monoisotopic (exact) mass is 399 g/mol. The van der Waals surface area contributed by atoms with E-state index in [1.807, 2.05) is 22.8 Å². The van der Waals surface area contributed by atoms with Gasteiger partial charge in [-0.2, -0.15) is 0 Å². The zero-order chi connectivity index (χ0) is 20.5. The highest BCUT2D eigenvalue weighted by atomic mass is 16.2. The molecular formula is C22H33N5O2. The average Bonchev–Trinajstić information content (AvgIpc) is 3.29. The summed E-state index contributed by atoms with van der Waals surface area (Å²) in [6, 6.07) is 8.35. The summed E-state index contributed by atoms with van der Waals surface area (Å²) in [6.07, 6.45) is 4.36. The van der Waals surface area contributed by atoms with Crippen LogP contribution in [0.4, 0.5) is 0 Å². The second-order valence-electron chi connectivity index (χ2n) is 7.65. The number of benzene rings is 1. The van der Waals surface area contributed by atoms with Gasteiger partial charge < -0.3 is 20.4 Å². The van der Waals surface area contributed by atoms with Crippen LogP contribution in [0.5, 0.6) is 0 Å². The molecule has 0 aliphatic carbocycles. The van der Waals surface area contributed by atoms with E-state index in [-0.39, 0.29) is 18.4 Å². The molecule has 2 heterocycles. The zero-order valence-corrected chi connectivity index (χ0v) is 17.5. The molecule has 158 valence electrons. The van der Waals surface area contributed by atoms with E-state index < -0.39 is 0 Å². The van der Waals surface area contributed by atoms with Gasteiger partial charge in [-0.05, 0) is 43.7 Å². The Kier molecular flexibility index (Phi) is 7.90. The Morgan fingerprint density at radius 1 is 1.00 bits per heavy atom. The highest BCUT2D eigenvalue weighted by molar-refractivity contribution is 5.85. The molecule has 0 radical (unpaired) electrons. The summed E-state index contributed by atoms with van der Waals surface area (Å²) in [5.74, 6) is 0.923. The van der Waals surface area contributed by atoms with Crippen LogP contribution in [0.25, 0.3) is 0 Å². The standard InChI is InChI=1S/C22H33N5O2/c1-2-23-22(25-16-21(29)26-13-5-6-14-26)24-12-7-10-20(28)27-15-11-18-8-3-4-9-19(18)17-27/h3-4,8-9H,2,5-7,10-17H2,1H3,(H2,23,24,25). The van der Waals surface area contributed by atoms with Crippen molar-refractivity contribution in [1.82, 2.24) is 20.4 Å². The average molecular weight is 400 g/mol. The third kappa shape index (κ3) is 6.21. The first kappa shape index (κ1) is 21.1. The molecule has 0 unspecified atom stereocenters. The molecule has 7 heteroatoms. The predicted octanol–water partition coefficient (Wildman–Crippen LogP) is 1.53. The number of rotatable bonds is 7. The molecule has 2 aliphatic rings. The summed E-state index contributed by atoms with van der Waals surface area (Å²) in [5.41, 5.74) is 2.61. The minimum Gasteiger partial charge on any atom is -0.357 e. The summed E-state index contributed by atoms with van der Waals surface area (Å²) < 4.78 is 0. The largest absolute Gasteiger partial charge is 0.357 e. The predicted molar refractivity (Wildman–Crippen MR) is 115 cm³/mol. The van der Waals surface area contributed by atoms with Crippen LogP contribution < -0.4 is 10.6 Å². The van der Waals surface area contributed by atoms with Gasteiger partial charge in [-0.15, -0.1) is 0 Å². The van der Waals surface area contributed by atoms with Crippen molar-refractivity contribution in [3.8, 4) is 0 Å². The van der Waals surface area contributed by atoms with Gasteiger partial charge >= 0.3 is 0 Å². The van der Waals surface area contributed by atoms with Crippen molar-refractivity contribution >= 4 is 17.8 Å². The number of aliphatic imine (C=N–C) groups is 1. The third-order valence-electron chi connectivity index (χ3n) is 5.52. The van der Waals surface area contributed by atoms with Crippen LogP contribution in [0.15, 0.2) is 29.3 Å². The van der Waals surface area contributed by atoms with E-state index in [1.54, 1.807) is 0 Å². The number of fused-ring (bicyclic) bond motifs is 1. The molecule has 3 rings (SSSR count). The van der Waals surface area contributed by atoms with Crippen LogP contribution in [-0.4, -0.2) is 66.8 Å². The zero-order valence-electron chi connectivity index (χ0n) is 17.5. The summed E-state index contributed by atoms with van der Waals surface area (Å²) in [4.78, 5) is 32.9. The molecule has 1 aromatic rings. The van der Waals surface area contributed by atoms with Crippen molar-refractivity contribution in [1.29, 1.82) is 0 Å². The van der Waals surface area contributed by atoms with Gasteiger partial charge in [-0.3, -0.25) is 9.59 Å². The number of nitrogens with zero attached hydrogens (tertiary/aromatic N) is 3. The molecular weight excluding hydrogens is 366 g/mol. The Morgan fingerprint density at radius 3 is 2.52 bits per heavy atom. The molecule has 1 saturated heterocycles. The Balaban J connectivity index is 1.39. The third-order valence-corrected chi connectivity index (χ3v) is 5.52. The van der Waals surface area contributed by atoms with Crippen molar-refractivity contribution < 1.29 is 9.59 Å². The fourth-order valence-corrected chi connectivity index (χ4v) is 3.87. The van der Waals surface area contributed by atoms with Crippen LogP contribution >= 0.6 is 0 Å². The first-order valence-electron chi connectivity index (χ1n) is 10.8. The van der Waals surface area contributed by atoms with Gasteiger partial charge in [-0.1, -0.05) is 24.3 Å². The normalized spacial score (nSPS) is 16.5. The molecule has 2 amide bonds.